The number of carboxylic acids is 1. The van der Waals surface area contributed by atoms with Gasteiger partial charge >= 0.3 is 5.97 Å². The van der Waals surface area contributed by atoms with E-state index in [9.17, 15) is 9.90 Å². The van der Waals surface area contributed by atoms with Gasteiger partial charge in [0.15, 0.2) is 0 Å². The molecule has 17 heavy (non-hydrogen) atoms. The van der Waals surface area contributed by atoms with Gasteiger partial charge in [-0.15, -0.1) is 0 Å². The Kier molecular flexibility index (Phi) is 7.44. The maximum atomic E-state index is 11.5. The Bertz CT molecular complexity index is 224. The first-order valence-electron chi connectivity index (χ1n) is 6.91. The van der Waals surface area contributed by atoms with Gasteiger partial charge in [0.05, 0.1) is 5.41 Å². The predicted octanol–water partition coefficient (Wildman–Crippen LogP) is 3.25. The minimum atomic E-state index is -0.648. The van der Waals surface area contributed by atoms with Gasteiger partial charge in [0.1, 0.15) is 0 Å². The average molecular weight is 243 g/mol. The fraction of sp³-hybridized carbons (Fsp3) is 0.929. The lowest BCUT2D eigenvalue weighted by atomic mass is 9.81. The van der Waals surface area contributed by atoms with E-state index >= 15 is 0 Å². The van der Waals surface area contributed by atoms with E-state index in [0.29, 0.717) is 25.3 Å². The molecule has 0 aliphatic heterocycles. The van der Waals surface area contributed by atoms with Gasteiger partial charge in [-0.2, -0.15) is 0 Å². The number of rotatable bonds is 9. The normalized spacial score (nSPS) is 14.0. The third-order valence-electron chi connectivity index (χ3n) is 4.05. The summed E-state index contributed by atoms with van der Waals surface area (Å²) in [5.74, 6) is -0.0136. The summed E-state index contributed by atoms with van der Waals surface area (Å²) in [6, 6.07) is 0. The molecule has 0 aliphatic rings. The van der Waals surface area contributed by atoms with Crippen molar-refractivity contribution in [2.75, 3.05) is 19.6 Å². The Morgan fingerprint density at radius 3 is 2.06 bits per heavy atom. The molecule has 0 bridgehead atoms. The number of nitrogens with zero attached hydrogens (tertiary/aromatic N) is 1. The predicted molar refractivity (Wildman–Crippen MR) is 72.2 cm³/mol. The van der Waals surface area contributed by atoms with Crippen molar-refractivity contribution in [3.63, 3.8) is 0 Å². The fourth-order valence-electron chi connectivity index (χ4n) is 2.15. The van der Waals surface area contributed by atoms with Gasteiger partial charge in [-0.1, -0.05) is 41.0 Å². The fourth-order valence-corrected chi connectivity index (χ4v) is 2.15. The molecule has 3 nitrogen and oxygen atoms in total. The first kappa shape index (κ1) is 16.4. The molecule has 0 spiro atoms. The molecule has 0 aromatic carbocycles. The Labute approximate surface area is 106 Å². The molecule has 0 heterocycles. The third-order valence-corrected chi connectivity index (χ3v) is 4.05. The highest BCUT2D eigenvalue weighted by Crippen LogP contribution is 2.28. The van der Waals surface area contributed by atoms with Crippen LogP contribution in [0.15, 0.2) is 0 Å². The molecule has 0 aliphatic carbocycles. The van der Waals surface area contributed by atoms with E-state index in [2.05, 4.69) is 25.7 Å². The van der Waals surface area contributed by atoms with Crippen LogP contribution in [0.3, 0.4) is 0 Å². The average Bonchev–Trinajstić information content (AvgIpc) is 2.33. The summed E-state index contributed by atoms with van der Waals surface area (Å²) >= 11 is 0. The van der Waals surface area contributed by atoms with Crippen LogP contribution < -0.4 is 0 Å². The van der Waals surface area contributed by atoms with Crippen molar-refractivity contribution in [3.8, 4) is 0 Å². The van der Waals surface area contributed by atoms with Crippen molar-refractivity contribution in [2.24, 2.45) is 11.3 Å². The van der Waals surface area contributed by atoms with E-state index in [1.54, 1.807) is 0 Å². The highest BCUT2D eigenvalue weighted by molar-refractivity contribution is 5.74. The minimum Gasteiger partial charge on any atom is -0.481 e. The highest BCUT2D eigenvalue weighted by Gasteiger charge is 2.36. The molecule has 0 radical (unpaired) electrons. The van der Waals surface area contributed by atoms with E-state index in [0.717, 1.165) is 19.5 Å². The molecule has 3 heteroatoms. The SMILES string of the molecule is CCC(C)CN(CC)CC(CC)(CC)C(=O)O. The third kappa shape index (κ3) is 4.66. The zero-order valence-electron chi connectivity index (χ0n) is 12.1. The molecule has 0 amide bonds. The Morgan fingerprint density at radius 1 is 1.24 bits per heavy atom. The molecular weight excluding hydrogens is 214 g/mol. The van der Waals surface area contributed by atoms with E-state index < -0.39 is 11.4 Å². The molecule has 102 valence electrons. The van der Waals surface area contributed by atoms with Crippen molar-refractivity contribution >= 4 is 5.97 Å². The summed E-state index contributed by atoms with van der Waals surface area (Å²) in [4.78, 5) is 13.8. The van der Waals surface area contributed by atoms with Crippen LogP contribution in [0.5, 0.6) is 0 Å². The van der Waals surface area contributed by atoms with Gasteiger partial charge in [0.25, 0.3) is 0 Å². The maximum absolute atomic E-state index is 11.5. The van der Waals surface area contributed by atoms with Crippen molar-refractivity contribution in [3.05, 3.63) is 0 Å². The lowest BCUT2D eigenvalue weighted by Crippen LogP contribution is -2.43. The quantitative estimate of drug-likeness (QED) is 0.676. The Morgan fingerprint density at radius 2 is 1.76 bits per heavy atom. The van der Waals surface area contributed by atoms with E-state index in [4.69, 9.17) is 0 Å². The van der Waals surface area contributed by atoms with E-state index in [1.165, 1.54) is 0 Å². The summed E-state index contributed by atoms with van der Waals surface area (Å²) < 4.78 is 0. The molecule has 0 aromatic heterocycles. The molecule has 0 aromatic rings. The van der Waals surface area contributed by atoms with Crippen LogP contribution in [-0.4, -0.2) is 35.6 Å². The molecular formula is C14H29NO2. The second kappa shape index (κ2) is 7.70. The molecule has 1 unspecified atom stereocenters. The summed E-state index contributed by atoms with van der Waals surface area (Å²) in [7, 11) is 0. The molecule has 1 atom stereocenters. The highest BCUT2D eigenvalue weighted by atomic mass is 16.4. The Balaban J connectivity index is 4.65. The molecule has 1 N–H and O–H groups in total. The van der Waals surface area contributed by atoms with Gasteiger partial charge in [0.2, 0.25) is 0 Å². The second-order valence-corrected chi connectivity index (χ2v) is 5.13. The van der Waals surface area contributed by atoms with Gasteiger partial charge in [-0.3, -0.25) is 4.79 Å². The number of carboxylic acid groups (broad SMARTS) is 1. The summed E-state index contributed by atoms with van der Waals surface area (Å²) in [6.45, 7) is 13.1. The lowest BCUT2D eigenvalue weighted by Gasteiger charge is -2.34. The minimum absolute atomic E-state index is 0.566. The van der Waals surface area contributed by atoms with Crippen LogP contribution in [0, 0.1) is 11.3 Å². The van der Waals surface area contributed by atoms with Gasteiger partial charge in [-0.05, 0) is 25.3 Å². The van der Waals surface area contributed by atoms with Crippen molar-refractivity contribution in [1.29, 1.82) is 0 Å². The second-order valence-electron chi connectivity index (χ2n) is 5.13. The van der Waals surface area contributed by atoms with Gasteiger partial charge < -0.3 is 10.0 Å². The molecule has 0 saturated heterocycles. The lowest BCUT2D eigenvalue weighted by molar-refractivity contribution is -0.150. The summed E-state index contributed by atoms with van der Waals surface area (Å²) in [5.41, 5.74) is -0.566. The van der Waals surface area contributed by atoms with Crippen LogP contribution in [0.1, 0.15) is 53.9 Å². The number of hydrogen-bond acceptors (Lipinski definition) is 2. The summed E-state index contributed by atoms with van der Waals surface area (Å²) in [5, 5.41) is 9.43. The number of aliphatic carboxylic acids is 1. The number of carbonyl (C=O) groups is 1. The van der Waals surface area contributed by atoms with Gasteiger partial charge in [-0.25, -0.2) is 0 Å². The maximum Gasteiger partial charge on any atom is 0.310 e. The zero-order chi connectivity index (χ0) is 13.5. The van der Waals surface area contributed by atoms with E-state index in [1.807, 2.05) is 13.8 Å². The van der Waals surface area contributed by atoms with Crippen LogP contribution in [-0.2, 0) is 4.79 Å². The standard InChI is InChI=1S/C14H29NO2/c1-6-12(5)10-15(9-4)11-14(7-2,8-3)13(16)17/h12H,6-11H2,1-5H3,(H,16,17). The van der Waals surface area contributed by atoms with Crippen LogP contribution in [0.4, 0.5) is 0 Å². The van der Waals surface area contributed by atoms with Crippen LogP contribution in [0.2, 0.25) is 0 Å². The van der Waals surface area contributed by atoms with Crippen molar-refractivity contribution in [1.82, 2.24) is 4.90 Å². The van der Waals surface area contributed by atoms with Crippen molar-refractivity contribution < 1.29 is 9.90 Å². The van der Waals surface area contributed by atoms with Crippen molar-refractivity contribution in [2.45, 2.75) is 53.9 Å². The topological polar surface area (TPSA) is 40.5 Å². The largest absolute Gasteiger partial charge is 0.481 e. The monoisotopic (exact) mass is 243 g/mol. The smallest absolute Gasteiger partial charge is 0.310 e. The molecule has 0 rings (SSSR count). The Hall–Kier alpha value is -0.570. The molecule has 0 fully saturated rings. The first-order chi connectivity index (χ1) is 7.95. The van der Waals surface area contributed by atoms with Gasteiger partial charge in [0, 0.05) is 13.1 Å². The number of hydrogen-bond donors (Lipinski definition) is 1. The van der Waals surface area contributed by atoms with Crippen LogP contribution in [0.25, 0.3) is 0 Å². The first-order valence-corrected chi connectivity index (χ1v) is 6.91. The van der Waals surface area contributed by atoms with E-state index in [-0.39, 0.29) is 0 Å². The summed E-state index contributed by atoms with van der Waals surface area (Å²) in [6.07, 6.45) is 2.56. The zero-order valence-corrected chi connectivity index (χ0v) is 12.1. The van der Waals surface area contributed by atoms with Crippen LogP contribution >= 0.6 is 0 Å². The molecule has 0 saturated carbocycles.